The number of hydrogen-bond acceptors (Lipinski definition) is 5. The number of ketones is 1. The van der Waals surface area contributed by atoms with E-state index in [1.165, 1.54) is 23.9 Å². The zero-order valence-electron chi connectivity index (χ0n) is 18.3. The van der Waals surface area contributed by atoms with E-state index >= 15 is 0 Å². The molecule has 2 aromatic rings. The Balaban J connectivity index is 2.29. The molecule has 0 aromatic heterocycles. The Labute approximate surface area is 197 Å². The van der Waals surface area contributed by atoms with Crippen molar-refractivity contribution in [1.82, 2.24) is 5.32 Å². The molecular formula is C22H26ClFN2O4S2. The zero-order chi connectivity index (χ0) is 24.1. The number of nitrogens with one attached hydrogen (secondary N) is 2. The number of sulfonamides is 1. The first-order valence-electron chi connectivity index (χ1n) is 9.76. The molecule has 32 heavy (non-hydrogen) atoms. The average molecular weight is 501 g/mol. The molecular weight excluding hydrogens is 475 g/mol. The average Bonchev–Trinajstić information content (AvgIpc) is 2.72. The number of amides is 1. The Morgan fingerprint density at radius 2 is 1.75 bits per heavy atom. The number of Topliss-reactive ketones (excluding diaryl/α,β-unsaturated/α-hetero) is 1. The van der Waals surface area contributed by atoms with Crippen LogP contribution < -0.4 is 10.0 Å². The second-order valence-electron chi connectivity index (χ2n) is 8.16. The molecule has 0 atom stereocenters. The van der Waals surface area contributed by atoms with Crippen LogP contribution in [0.25, 0.3) is 0 Å². The highest BCUT2D eigenvalue weighted by Crippen LogP contribution is 2.28. The summed E-state index contributed by atoms with van der Waals surface area (Å²) in [4.78, 5) is 24.4. The number of rotatable bonds is 9. The lowest BCUT2D eigenvalue weighted by Gasteiger charge is -2.19. The highest BCUT2D eigenvalue weighted by Gasteiger charge is 2.22. The van der Waals surface area contributed by atoms with Crippen molar-refractivity contribution < 1.29 is 22.4 Å². The normalized spacial score (nSPS) is 11.8. The first-order chi connectivity index (χ1) is 14.8. The van der Waals surface area contributed by atoms with Gasteiger partial charge >= 0.3 is 0 Å². The maximum absolute atomic E-state index is 14.1. The summed E-state index contributed by atoms with van der Waals surface area (Å²) in [5.74, 6) is -1.19. The van der Waals surface area contributed by atoms with Gasteiger partial charge in [0.2, 0.25) is 0 Å². The van der Waals surface area contributed by atoms with Gasteiger partial charge in [-0.15, -0.1) is 0 Å². The van der Waals surface area contributed by atoms with Crippen LogP contribution in [0.15, 0.2) is 41.3 Å². The van der Waals surface area contributed by atoms with Gasteiger partial charge in [-0.25, -0.2) is 12.8 Å². The third-order valence-corrected chi connectivity index (χ3v) is 6.89. The fourth-order valence-corrected chi connectivity index (χ4v) is 4.40. The largest absolute Gasteiger partial charge is 0.345 e. The van der Waals surface area contributed by atoms with Crippen molar-refractivity contribution in [3.05, 3.63) is 58.4 Å². The van der Waals surface area contributed by atoms with Gasteiger partial charge in [-0.05, 0) is 41.2 Å². The number of carbonyl (C=O) groups is 2. The molecule has 2 N–H and O–H groups in total. The number of anilines is 1. The Bertz CT molecular complexity index is 1100. The van der Waals surface area contributed by atoms with Crippen molar-refractivity contribution >= 4 is 50.8 Å². The van der Waals surface area contributed by atoms with Crippen molar-refractivity contribution in [3.63, 3.8) is 0 Å². The molecule has 0 saturated heterocycles. The minimum absolute atomic E-state index is 0.0422. The van der Waals surface area contributed by atoms with Crippen LogP contribution in [-0.2, 0) is 20.2 Å². The van der Waals surface area contributed by atoms with Crippen LogP contribution in [0.5, 0.6) is 0 Å². The first-order valence-corrected chi connectivity index (χ1v) is 13.0. The van der Waals surface area contributed by atoms with Gasteiger partial charge in [0.1, 0.15) is 5.82 Å². The summed E-state index contributed by atoms with van der Waals surface area (Å²) in [6.45, 7) is 5.78. The maximum Gasteiger partial charge on any atom is 0.261 e. The quantitative estimate of drug-likeness (QED) is 0.523. The summed E-state index contributed by atoms with van der Waals surface area (Å²) in [5, 5.41) is 2.08. The molecule has 6 nitrogen and oxygen atoms in total. The van der Waals surface area contributed by atoms with Crippen molar-refractivity contribution in [2.45, 2.75) is 37.5 Å². The molecule has 0 saturated carbocycles. The van der Waals surface area contributed by atoms with Gasteiger partial charge in [0, 0.05) is 12.5 Å². The number of hydrogen-bond donors (Lipinski definition) is 2. The summed E-state index contributed by atoms with van der Waals surface area (Å²) in [7, 11) is -4.11. The SMILES string of the molecule is CSCCC(=O)CNC(=O)c1cc(Cl)c(F)cc1NS(=O)(=O)c1ccc(C(C)(C)C)cc1. The van der Waals surface area contributed by atoms with E-state index in [9.17, 15) is 22.4 Å². The van der Waals surface area contributed by atoms with Gasteiger partial charge in [-0.1, -0.05) is 44.5 Å². The topological polar surface area (TPSA) is 92.3 Å². The second-order valence-corrected chi connectivity index (χ2v) is 11.2. The van der Waals surface area contributed by atoms with Crippen LogP contribution in [-0.4, -0.2) is 38.7 Å². The van der Waals surface area contributed by atoms with Crippen LogP contribution in [0.4, 0.5) is 10.1 Å². The molecule has 2 aromatic carbocycles. The van der Waals surface area contributed by atoms with E-state index in [-0.39, 0.29) is 45.3 Å². The van der Waals surface area contributed by atoms with Crippen LogP contribution in [0, 0.1) is 5.82 Å². The van der Waals surface area contributed by atoms with E-state index in [2.05, 4.69) is 10.0 Å². The molecule has 0 spiro atoms. The van der Waals surface area contributed by atoms with E-state index in [4.69, 9.17) is 11.6 Å². The monoisotopic (exact) mass is 500 g/mol. The van der Waals surface area contributed by atoms with Crippen LogP contribution in [0.3, 0.4) is 0 Å². The van der Waals surface area contributed by atoms with E-state index < -0.39 is 21.7 Å². The molecule has 0 aliphatic heterocycles. The standard InChI is InChI=1S/C22H26ClFN2O4S2/c1-22(2,3)14-5-7-16(8-6-14)32(29,30)26-20-12-19(24)18(23)11-17(20)21(28)25-13-15(27)9-10-31-4/h5-8,11-12,26H,9-10,13H2,1-4H3,(H,25,28). The summed E-state index contributed by atoms with van der Waals surface area (Å²) < 4.78 is 42.1. The summed E-state index contributed by atoms with van der Waals surface area (Å²) in [6, 6.07) is 8.15. The van der Waals surface area contributed by atoms with Crippen molar-refractivity contribution in [1.29, 1.82) is 0 Å². The Kier molecular flexibility index (Phi) is 8.73. The Hall–Kier alpha value is -2.10. The third kappa shape index (κ3) is 6.95. The lowest BCUT2D eigenvalue weighted by Crippen LogP contribution is -2.30. The molecule has 174 valence electrons. The molecule has 0 unspecified atom stereocenters. The molecule has 0 heterocycles. The van der Waals surface area contributed by atoms with Gasteiger partial charge in [0.05, 0.1) is 27.7 Å². The van der Waals surface area contributed by atoms with E-state index in [0.29, 0.717) is 5.75 Å². The number of thioether (sulfide) groups is 1. The molecule has 10 heteroatoms. The third-order valence-electron chi connectivity index (χ3n) is 4.61. The van der Waals surface area contributed by atoms with Crippen LogP contribution in [0.2, 0.25) is 5.02 Å². The van der Waals surface area contributed by atoms with E-state index in [1.807, 2.05) is 27.0 Å². The fraction of sp³-hybridized carbons (Fsp3) is 0.364. The number of benzene rings is 2. The Morgan fingerprint density at radius 1 is 1.12 bits per heavy atom. The van der Waals surface area contributed by atoms with Gasteiger partial charge in [0.25, 0.3) is 15.9 Å². The number of halogens is 2. The Morgan fingerprint density at radius 3 is 2.31 bits per heavy atom. The maximum atomic E-state index is 14.1. The van der Waals surface area contributed by atoms with E-state index in [1.54, 1.807) is 12.1 Å². The molecule has 2 rings (SSSR count). The minimum atomic E-state index is -4.11. The van der Waals surface area contributed by atoms with Gasteiger partial charge in [-0.3, -0.25) is 14.3 Å². The molecule has 0 bridgehead atoms. The van der Waals surface area contributed by atoms with Crippen molar-refractivity contribution in [3.8, 4) is 0 Å². The lowest BCUT2D eigenvalue weighted by atomic mass is 9.87. The van der Waals surface area contributed by atoms with Crippen LogP contribution >= 0.6 is 23.4 Å². The molecule has 1 amide bonds. The van der Waals surface area contributed by atoms with E-state index in [0.717, 1.165) is 17.7 Å². The molecule has 0 aliphatic carbocycles. The highest BCUT2D eigenvalue weighted by atomic mass is 35.5. The minimum Gasteiger partial charge on any atom is -0.345 e. The summed E-state index contributed by atoms with van der Waals surface area (Å²) in [5.41, 5.74) is 0.318. The zero-order valence-corrected chi connectivity index (χ0v) is 20.7. The predicted octanol–water partition coefficient (Wildman–Crippen LogP) is 4.63. The molecule has 0 fully saturated rings. The van der Waals surface area contributed by atoms with Crippen molar-refractivity contribution in [2.24, 2.45) is 0 Å². The van der Waals surface area contributed by atoms with Crippen LogP contribution in [0.1, 0.15) is 43.1 Å². The van der Waals surface area contributed by atoms with Gasteiger partial charge in [-0.2, -0.15) is 11.8 Å². The smallest absolute Gasteiger partial charge is 0.261 e. The predicted molar refractivity (Wildman–Crippen MR) is 128 cm³/mol. The summed E-state index contributed by atoms with van der Waals surface area (Å²) in [6.07, 6.45) is 2.15. The first kappa shape index (κ1) is 26.2. The van der Waals surface area contributed by atoms with Gasteiger partial charge in [0.15, 0.2) is 5.78 Å². The van der Waals surface area contributed by atoms with Crippen molar-refractivity contribution in [2.75, 3.05) is 23.3 Å². The molecule has 0 radical (unpaired) electrons. The summed E-state index contributed by atoms with van der Waals surface area (Å²) >= 11 is 7.31. The second kappa shape index (κ2) is 10.7. The van der Waals surface area contributed by atoms with Gasteiger partial charge < -0.3 is 5.32 Å². The highest BCUT2D eigenvalue weighted by molar-refractivity contribution is 7.98. The lowest BCUT2D eigenvalue weighted by molar-refractivity contribution is -0.117. The number of carbonyl (C=O) groups excluding carboxylic acids is 2. The molecule has 0 aliphatic rings. The fourth-order valence-electron chi connectivity index (χ4n) is 2.74.